The van der Waals surface area contributed by atoms with Gasteiger partial charge in [0.2, 0.25) is 0 Å². The Morgan fingerprint density at radius 2 is 1.42 bits per heavy atom. The fourth-order valence-electron chi connectivity index (χ4n) is 3.57. The minimum atomic E-state index is -0.0831. The molecule has 2 aromatic carbocycles. The summed E-state index contributed by atoms with van der Waals surface area (Å²) in [5.41, 5.74) is 8.79. The number of carbonyl (C=O) groups is 2. The molecule has 0 aromatic heterocycles. The largest absolute Gasteiger partial charge is 0.352 e. The van der Waals surface area contributed by atoms with Crippen LogP contribution in [0.2, 0.25) is 0 Å². The zero-order valence-corrected chi connectivity index (χ0v) is 19.0. The Morgan fingerprint density at radius 1 is 0.879 bits per heavy atom. The monoisotopic (exact) mass is 450 g/mol. The summed E-state index contributed by atoms with van der Waals surface area (Å²) in [6.07, 6.45) is 4.58. The highest BCUT2D eigenvalue weighted by molar-refractivity contribution is 5.95. The van der Waals surface area contributed by atoms with E-state index in [0.29, 0.717) is 37.3 Å². The highest BCUT2D eigenvalue weighted by Gasteiger charge is 2.15. The molecular formula is C25H34N6O2. The molecule has 0 spiro atoms. The number of benzene rings is 2. The molecule has 0 radical (unpaired) electrons. The number of hydrogen-bond donors (Lipinski definition) is 5. The van der Waals surface area contributed by atoms with Gasteiger partial charge in [-0.3, -0.25) is 25.2 Å². The van der Waals surface area contributed by atoms with Gasteiger partial charge >= 0.3 is 0 Å². The molecule has 8 nitrogen and oxygen atoms in total. The molecule has 6 N–H and O–H groups in total. The van der Waals surface area contributed by atoms with Crippen LogP contribution in [0.4, 0.5) is 0 Å². The maximum atomic E-state index is 12.3. The molecule has 3 rings (SSSR count). The van der Waals surface area contributed by atoms with Gasteiger partial charge in [0.1, 0.15) is 0 Å². The Hall–Kier alpha value is -3.07. The van der Waals surface area contributed by atoms with E-state index in [0.717, 1.165) is 43.5 Å². The van der Waals surface area contributed by atoms with Gasteiger partial charge in [0.05, 0.1) is 12.7 Å². The molecule has 8 heteroatoms. The zero-order chi connectivity index (χ0) is 23.3. The van der Waals surface area contributed by atoms with E-state index < -0.39 is 0 Å². The van der Waals surface area contributed by atoms with Crippen molar-refractivity contribution in [2.45, 2.75) is 25.4 Å². The Kier molecular flexibility index (Phi) is 10.0. The lowest BCUT2D eigenvalue weighted by atomic mass is 10.1. The van der Waals surface area contributed by atoms with Gasteiger partial charge in [-0.25, -0.2) is 0 Å². The van der Waals surface area contributed by atoms with Gasteiger partial charge in [-0.2, -0.15) is 0 Å². The van der Waals surface area contributed by atoms with Crippen molar-refractivity contribution in [1.82, 2.24) is 21.3 Å². The van der Waals surface area contributed by atoms with E-state index in [2.05, 4.69) is 26.3 Å². The number of nitrogens with two attached hydrogens (primary N) is 1. The van der Waals surface area contributed by atoms with Crippen LogP contribution in [0.1, 0.15) is 57.3 Å². The fourth-order valence-corrected chi connectivity index (χ4v) is 3.57. The molecule has 1 aliphatic rings. The van der Waals surface area contributed by atoms with Gasteiger partial charge in [-0.1, -0.05) is 24.3 Å². The van der Waals surface area contributed by atoms with Crippen molar-refractivity contribution in [3.05, 3.63) is 70.8 Å². The van der Waals surface area contributed by atoms with Crippen molar-refractivity contribution >= 4 is 18.0 Å². The number of hydrogen-bond acceptors (Lipinski definition) is 6. The predicted octanol–water partition coefficient (Wildman–Crippen LogP) is 1.59. The summed E-state index contributed by atoms with van der Waals surface area (Å²) < 4.78 is 0. The third-order valence-corrected chi connectivity index (χ3v) is 5.42. The number of rotatable bonds is 12. The van der Waals surface area contributed by atoms with Crippen LogP contribution in [0.3, 0.4) is 0 Å². The standard InChI is InChI=1S/C25H34N6O2/c26-12-15-27-18-19-4-6-21(7-5-19)24(32)30-13-2-1-3-14-31-25(33)22-10-8-20(9-11-22)23-28-16-17-29-23/h4-11,18,23,28-29H,1-3,12-17,26H2,(H,30,32)(H,31,33). The highest BCUT2D eigenvalue weighted by Crippen LogP contribution is 2.13. The average Bonchev–Trinajstić information content (AvgIpc) is 3.39. The second kappa shape index (κ2) is 13.5. The topological polar surface area (TPSA) is 121 Å². The quantitative estimate of drug-likeness (QED) is 0.248. The molecule has 1 saturated heterocycles. The summed E-state index contributed by atoms with van der Waals surface area (Å²) in [5, 5.41) is 12.6. The molecule has 2 aromatic rings. The first kappa shape index (κ1) is 24.6. The molecule has 0 saturated carbocycles. The van der Waals surface area contributed by atoms with Gasteiger partial charge in [0.15, 0.2) is 0 Å². The van der Waals surface area contributed by atoms with Crippen molar-refractivity contribution in [3.63, 3.8) is 0 Å². The van der Waals surface area contributed by atoms with Crippen molar-refractivity contribution in [3.8, 4) is 0 Å². The molecule has 33 heavy (non-hydrogen) atoms. The molecule has 0 atom stereocenters. The summed E-state index contributed by atoms with van der Waals surface area (Å²) in [4.78, 5) is 28.7. The zero-order valence-electron chi connectivity index (χ0n) is 19.0. The number of nitrogens with one attached hydrogen (secondary N) is 4. The van der Waals surface area contributed by atoms with Crippen LogP contribution >= 0.6 is 0 Å². The van der Waals surface area contributed by atoms with Gasteiger partial charge < -0.3 is 16.4 Å². The van der Waals surface area contributed by atoms with Gasteiger partial charge in [-0.05, 0) is 54.7 Å². The first-order valence-electron chi connectivity index (χ1n) is 11.6. The first-order chi connectivity index (χ1) is 16.2. The summed E-state index contributed by atoms with van der Waals surface area (Å²) in [6.45, 7) is 4.25. The third-order valence-electron chi connectivity index (χ3n) is 5.42. The molecule has 1 aliphatic heterocycles. The van der Waals surface area contributed by atoms with E-state index in [1.807, 2.05) is 36.4 Å². The van der Waals surface area contributed by atoms with Crippen LogP contribution in [0, 0.1) is 0 Å². The van der Waals surface area contributed by atoms with E-state index in [1.165, 1.54) is 0 Å². The van der Waals surface area contributed by atoms with Gasteiger partial charge in [0, 0.05) is 50.1 Å². The second-order valence-electron chi connectivity index (χ2n) is 7.98. The number of carbonyl (C=O) groups excluding carboxylic acids is 2. The lowest BCUT2D eigenvalue weighted by Gasteiger charge is -2.12. The molecule has 2 amide bonds. The fraction of sp³-hybridized carbons (Fsp3) is 0.400. The number of unbranched alkanes of at least 4 members (excludes halogenated alkanes) is 2. The maximum absolute atomic E-state index is 12.3. The molecule has 0 aliphatic carbocycles. The van der Waals surface area contributed by atoms with Crippen molar-refractivity contribution < 1.29 is 9.59 Å². The van der Waals surface area contributed by atoms with Crippen LogP contribution in [0.25, 0.3) is 0 Å². The Labute approximate surface area is 195 Å². The van der Waals surface area contributed by atoms with E-state index in [-0.39, 0.29) is 18.0 Å². The SMILES string of the molecule is NCCN=Cc1ccc(C(=O)NCCCCCNC(=O)c2ccc(C3NCCN3)cc2)cc1. The molecule has 1 fully saturated rings. The summed E-state index contributed by atoms with van der Waals surface area (Å²) >= 11 is 0. The van der Waals surface area contributed by atoms with E-state index in [9.17, 15) is 9.59 Å². The Bertz CT molecular complexity index is 905. The smallest absolute Gasteiger partial charge is 0.251 e. The van der Waals surface area contributed by atoms with E-state index in [1.54, 1.807) is 18.3 Å². The lowest BCUT2D eigenvalue weighted by Crippen LogP contribution is -2.26. The van der Waals surface area contributed by atoms with E-state index in [4.69, 9.17) is 5.73 Å². The maximum Gasteiger partial charge on any atom is 0.251 e. The molecule has 0 bridgehead atoms. The number of amides is 2. The van der Waals surface area contributed by atoms with Crippen LogP contribution in [-0.4, -0.2) is 57.3 Å². The normalized spacial score (nSPS) is 14.0. The minimum absolute atomic E-state index is 0.0567. The average molecular weight is 451 g/mol. The number of nitrogens with zero attached hydrogens (tertiary/aromatic N) is 1. The lowest BCUT2D eigenvalue weighted by molar-refractivity contribution is 0.0947. The minimum Gasteiger partial charge on any atom is -0.352 e. The number of aliphatic imine (C=N–C) groups is 1. The van der Waals surface area contributed by atoms with Crippen molar-refractivity contribution in [2.75, 3.05) is 39.3 Å². The third kappa shape index (κ3) is 8.09. The summed E-state index contributed by atoms with van der Waals surface area (Å²) in [7, 11) is 0. The van der Waals surface area contributed by atoms with Gasteiger partial charge in [0.25, 0.3) is 11.8 Å². The van der Waals surface area contributed by atoms with Gasteiger partial charge in [-0.15, -0.1) is 0 Å². The van der Waals surface area contributed by atoms with Crippen LogP contribution in [0.5, 0.6) is 0 Å². The molecule has 176 valence electrons. The van der Waals surface area contributed by atoms with Crippen LogP contribution in [0.15, 0.2) is 53.5 Å². The predicted molar refractivity (Wildman–Crippen MR) is 132 cm³/mol. The molecule has 0 unspecified atom stereocenters. The van der Waals surface area contributed by atoms with Crippen molar-refractivity contribution in [1.29, 1.82) is 0 Å². The Balaban J connectivity index is 1.27. The highest BCUT2D eigenvalue weighted by atomic mass is 16.2. The Morgan fingerprint density at radius 3 is 1.97 bits per heavy atom. The second-order valence-corrected chi connectivity index (χ2v) is 7.98. The summed E-state index contributed by atoms with van der Waals surface area (Å²) in [5.74, 6) is -0.140. The molecule has 1 heterocycles. The van der Waals surface area contributed by atoms with Crippen LogP contribution < -0.4 is 27.0 Å². The first-order valence-corrected chi connectivity index (χ1v) is 11.6. The van der Waals surface area contributed by atoms with Crippen molar-refractivity contribution in [2.24, 2.45) is 10.7 Å². The summed E-state index contributed by atoms with van der Waals surface area (Å²) in [6, 6.07) is 15.0. The molecular weight excluding hydrogens is 416 g/mol. The van der Waals surface area contributed by atoms with Crippen LogP contribution in [-0.2, 0) is 0 Å². The van der Waals surface area contributed by atoms with E-state index >= 15 is 0 Å².